The van der Waals surface area contributed by atoms with Crippen LogP contribution in [0.1, 0.15) is 17.5 Å². The Morgan fingerprint density at radius 2 is 1.81 bits per heavy atom. The highest BCUT2D eigenvalue weighted by molar-refractivity contribution is 5.73. The van der Waals surface area contributed by atoms with E-state index in [0.29, 0.717) is 6.04 Å². The van der Waals surface area contributed by atoms with Crippen molar-refractivity contribution in [3.05, 3.63) is 78.1 Å². The number of alkyl halides is 3. The van der Waals surface area contributed by atoms with Crippen LogP contribution in [0.2, 0.25) is 0 Å². The van der Waals surface area contributed by atoms with Gasteiger partial charge in [0.05, 0.1) is 0 Å². The van der Waals surface area contributed by atoms with Crippen molar-refractivity contribution in [3.63, 3.8) is 0 Å². The number of hydrogen-bond acceptors (Lipinski definition) is 5. The van der Waals surface area contributed by atoms with Crippen molar-refractivity contribution in [2.75, 3.05) is 37.4 Å². The molecule has 9 heteroatoms. The number of carboxylic acids is 1. The molecule has 0 saturated carbocycles. The zero-order chi connectivity index (χ0) is 26.3. The third-order valence-corrected chi connectivity index (χ3v) is 6.12. The molecule has 0 spiro atoms. The van der Waals surface area contributed by atoms with Crippen LogP contribution in [0.4, 0.5) is 24.5 Å². The molecule has 0 radical (unpaired) electrons. The lowest BCUT2D eigenvalue weighted by Gasteiger charge is -2.24. The first-order valence-electron chi connectivity index (χ1n) is 11.6. The van der Waals surface area contributed by atoms with Crippen molar-refractivity contribution >= 4 is 17.3 Å². The van der Waals surface area contributed by atoms with Gasteiger partial charge in [-0.3, -0.25) is 4.98 Å². The zero-order valence-corrected chi connectivity index (χ0v) is 20.6. The van der Waals surface area contributed by atoms with Crippen LogP contribution in [0.25, 0.3) is 11.1 Å². The summed E-state index contributed by atoms with van der Waals surface area (Å²) in [5.41, 5.74) is 7.56. The smallest absolute Gasteiger partial charge is 0.475 e. The Morgan fingerprint density at radius 3 is 2.42 bits per heavy atom. The van der Waals surface area contributed by atoms with Crippen molar-refractivity contribution in [2.45, 2.75) is 32.1 Å². The predicted molar refractivity (Wildman–Crippen MR) is 136 cm³/mol. The van der Waals surface area contributed by atoms with E-state index in [9.17, 15) is 13.2 Å². The Bertz CT molecular complexity index is 1150. The fourth-order valence-corrected chi connectivity index (χ4v) is 4.05. The van der Waals surface area contributed by atoms with E-state index in [1.165, 1.54) is 40.0 Å². The average Bonchev–Trinajstić information content (AvgIpc) is 3.35. The number of carboxylic acid groups (broad SMARTS) is 1. The zero-order valence-electron chi connectivity index (χ0n) is 20.6. The van der Waals surface area contributed by atoms with E-state index in [1.54, 1.807) is 0 Å². The molecule has 4 rings (SSSR count). The highest BCUT2D eigenvalue weighted by Crippen LogP contribution is 2.29. The Kier molecular flexibility index (Phi) is 8.93. The standard InChI is InChI=1S/C25H30N4.C2HF3O2/c1-19-7-8-23(16-25(19)29-14-11-24(18-29)28(2)3)27-17-20-5-4-6-22(15-20)21-9-12-26-13-10-21;3-2(4,5)1(6)7/h4-10,12-13,15-16,24,27H,11,14,17-18H2,1-3H3;(H,6,7). The number of halogens is 3. The fourth-order valence-electron chi connectivity index (χ4n) is 4.05. The molecule has 2 heterocycles. The van der Waals surface area contributed by atoms with Crippen molar-refractivity contribution < 1.29 is 23.1 Å². The minimum Gasteiger partial charge on any atom is -0.475 e. The van der Waals surface area contributed by atoms with Gasteiger partial charge in [-0.15, -0.1) is 0 Å². The van der Waals surface area contributed by atoms with Gasteiger partial charge in [0.1, 0.15) is 0 Å². The Hall–Kier alpha value is -3.59. The number of nitrogens with one attached hydrogen (secondary N) is 1. The summed E-state index contributed by atoms with van der Waals surface area (Å²) >= 11 is 0. The SMILES string of the molecule is Cc1ccc(NCc2cccc(-c3ccncc3)c2)cc1N1CCC(N(C)C)C1.O=C(O)C(F)(F)F. The first-order valence-corrected chi connectivity index (χ1v) is 11.6. The first kappa shape index (κ1) is 27.0. The lowest BCUT2D eigenvalue weighted by molar-refractivity contribution is -0.192. The number of carbonyl (C=O) groups is 1. The fraction of sp³-hybridized carbons (Fsp3) is 0.333. The topological polar surface area (TPSA) is 68.7 Å². The van der Waals surface area contributed by atoms with E-state index in [-0.39, 0.29) is 0 Å². The second kappa shape index (κ2) is 11.9. The van der Waals surface area contributed by atoms with E-state index in [2.05, 4.69) is 95.7 Å². The van der Waals surface area contributed by atoms with Crippen LogP contribution in [0.15, 0.2) is 67.0 Å². The number of rotatable bonds is 6. The normalized spacial score (nSPS) is 15.4. The van der Waals surface area contributed by atoms with Crippen LogP contribution < -0.4 is 10.2 Å². The van der Waals surface area contributed by atoms with Crippen LogP contribution in [0, 0.1) is 6.92 Å². The molecule has 0 bridgehead atoms. The molecule has 192 valence electrons. The highest BCUT2D eigenvalue weighted by atomic mass is 19.4. The summed E-state index contributed by atoms with van der Waals surface area (Å²) < 4.78 is 31.7. The van der Waals surface area contributed by atoms with Crippen LogP contribution in [-0.4, -0.2) is 60.4 Å². The summed E-state index contributed by atoms with van der Waals surface area (Å²) in [6.07, 6.45) is -0.174. The van der Waals surface area contributed by atoms with Gasteiger partial charge in [-0.2, -0.15) is 13.2 Å². The Labute approximate surface area is 209 Å². The third kappa shape index (κ3) is 7.45. The van der Waals surface area contributed by atoms with Gasteiger partial charge in [0.15, 0.2) is 0 Å². The average molecular weight is 501 g/mol. The van der Waals surface area contributed by atoms with Gasteiger partial charge < -0.3 is 20.2 Å². The minimum atomic E-state index is -5.08. The second-order valence-corrected chi connectivity index (χ2v) is 8.95. The summed E-state index contributed by atoms with van der Waals surface area (Å²) in [4.78, 5) is 17.9. The van der Waals surface area contributed by atoms with E-state index < -0.39 is 12.1 Å². The number of hydrogen-bond donors (Lipinski definition) is 2. The van der Waals surface area contributed by atoms with Crippen molar-refractivity contribution in [1.29, 1.82) is 0 Å². The summed E-state index contributed by atoms with van der Waals surface area (Å²) in [5, 5.41) is 10.7. The third-order valence-electron chi connectivity index (χ3n) is 6.12. The monoisotopic (exact) mass is 500 g/mol. The molecule has 36 heavy (non-hydrogen) atoms. The maximum absolute atomic E-state index is 10.6. The lowest BCUT2D eigenvalue weighted by Crippen LogP contribution is -2.31. The van der Waals surface area contributed by atoms with Crippen molar-refractivity contribution in [2.24, 2.45) is 0 Å². The second-order valence-electron chi connectivity index (χ2n) is 8.95. The van der Waals surface area contributed by atoms with Crippen molar-refractivity contribution in [3.8, 4) is 11.1 Å². The summed E-state index contributed by atoms with van der Waals surface area (Å²) in [6.45, 7) is 5.24. The lowest BCUT2D eigenvalue weighted by atomic mass is 10.0. The van der Waals surface area contributed by atoms with E-state index in [0.717, 1.165) is 19.6 Å². The molecule has 1 aromatic heterocycles. The van der Waals surface area contributed by atoms with E-state index in [4.69, 9.17) is 9.90 Å². The molecule has 2 N–H and O–H groups in total. The van der Waals surface area contributed by atoms with Crippen LogP contribution >= 0.6 is 0 Å². The van der Waals surface area contributed by atoms with Crippen LogP contribution in [0.3, 0.4) is 0 Å². The van der Waals surface area contributed by atoms with Crippen molar-refractivity contribution in [1.82, 2.24) is 9.88 Å². The molecule has 1 aliphatic rings. The maximum Gasteiger partial charge on any atom is 0.490 e. The molecule has 3 aromatic rings. The molecule has 6 nitrogen and oxygen atoms in total. The van der Waals surface area contributed by atoms with Crippen LogP contribution in [0.5, 0.6) is 0 Å². The molecule has 1 fully saturated rings. The van der Waals surface area contributed by atoms with Gasteiger partial charge in [-0.05, 0) is 80.0 Å². The number of aromatic nitrogens is 1. The van der Waals surface area contributed by atoms with Gasteiger partial charge in [0, 0.05) is 49.4 Å². The van der Waals surface area contributed by atoms with Gasteiger partial charge in [-0.25, -0.2) is 4.79 Å². The van der Waals surface area contributed by atoms with Gasteiger partial charge in [0.2, 0.25) is 0 Å². The number of likely N-dealkylation sites (N-methyl/N-ethyl adjacent to an activating group) is 1. The summed E-state index contributed by atoms with van der Waals surface area (Å²) in [5.74, 6) is -2.76. The molecule has 1 saturated heterocycles. The Balaban J connectivity index is 0.000000454. The quantitative estimate of drug-likeness (QED) is 0.470. The Morgan fingerprint density at radius 1 is 1.11 bits per heavy atom. The molecular weight excluding hydrogens is 469 g/mol. The highest BCUT2D eigenvalue weighted by Gasteiger charge is 2.38. The number of anilines is 2. The largest absolute Gasteiger partial charge is 0.490 e. The molecule has 2 aromatic carbocycles. The molecule has 0 aliphatic carbocycles. The number of aliphatic carboxylic acids is 1. The molecule has 1 atom stereocenters. The first-order chi connectivity index (χ1) is 17.0. The van der Waals surface area contributed by atoms with Gasteiger partial charge in [-0.1, -0.05) is 24.3 Å². The molecule has 0 amide bonds. The molecule has 1 aliphatic heterocycles. The number of pyridine rings is 1. The van der Waals surface area contributed by atoms with E-state index in [1.807, 2.05) is 12.4 Å². The molecular formula is C27H31F3N4O2. The minimum absolute atomic E-state index is 0.641. The summed E-state index contributed by atoms with van der Waals surface area (Å²) in [7, 11) is 4.36. The van der Waals surface area contributed by atoms with E-state index >= 15 is 0 Å². The number of benzene rings is 2. The number of nitrogens with zero attached hydrogens (tertiary/aromatic N) is 3. The van der Waals surface area contributed by atoms with Crippen LogP contribution in [-0.2, 0) is 11.3 Å². The van der Waals surface area contributed by atoms with Gasteiger partial charge >= 0.3 is 12.1 Å². The number of aryl methyl sites for hydroxylation is 1. The predicted octanol–water partition coefficient (Wildman–Crippen LogP) is 5.44. The maximum atomic E-state index is 10.6. The summed E-state index contributed by atoms with van der Waals surface area (Å²) in [6, 6.07) is 20.2. The molecule has 1 unspecified atom stereocenters. The van der Waals surface area contributed by atoms with Gasteiger partial charge in [0.25, 0.3) is 0 Å².